The lowest BCUT2D eigenvalue weighted by Gasteiger charge is -2.10. The van der Waals surface area contributed by atoms with Gasteiger partial charge in [0.2, 0.25) is 0 Å². The summed E-state index contributed by atoms with van der Waals surface area (Å²) in [6, 6.07) is 13.4. The Morgan fingerprint density at radius 2 is 1.88 bits per heavy atom. The molecular formula is C14H13BrFN. The number of hydrogen-bond donors (Lipinski definition) is 1. The standard InChI is InChI=1S/C14H13BrFN/c1-10-7-13(16)12(15)8-14(10)17-9-11-5-3-2-4-6-11/h2-8,17H,9H2,1H3. The van der Waals surface area contributed by atoms with Crippen LogP contribution < -0.4 is 5.32 Å². The molecular weight excluding hydrogens is 281 g/mol. The van der Waals surface area contributed by atoms with E-state index in [-0.39, 0.29) is 5.82 Å². The highest BCUT2D eigenvalue weighted by atomic mass is 79.9. The molecule has 0 bridgehead atoms. The van der Waals surface area contributed by atoms with E-state index in [9.17, 15) is 4.39 Å². The molecule has 0 spiro atoms. The first-order chi connectivity index (χ1) is 8.16. The highest BCUT2D eigenvalue weighted by Gasteiger charge is 2.04. The second-order valence-corrected chi connectivity index (χ2v) is 4.77. The van der Waals surface area contributed by atoms with Crippen LogP contribution in [0.3, 0.4) is 0 Å². The van der Waals surface area contributed by atoms with Crippen molar-refractivity contribution in [1.82, 2.24) is 0 Å². The van der Waals surface area contributed by atoms with Crippen molar-refractivity contribution in [3.63, 3.8) is 0 Å². The molecule has 0 aliphatic heterocycles. The van der Waals surface area contributed by atoms with E-state index in [1.807, 2.05) is 25.1 Å². The van der Waals surface area contributed by atoms with Crippen LogP contribution in [0.5, 0.6) is 0 Å². The first-order valence-electron chi connectivity index (χ1n) is 5.40. The third kappa shape index (κ3) is 3.07. The van der Waals surface area contributed by atoms with Gasteiger partial charge < -0.3 is 5.32 Å². The summed E-state index contributed by atoms with van der Waals surface area (Å²) in [5.41, 5.74) is 3.05. The maximum Gasteiger partial charge on any atom is 0.137 e. The van der Waals surface area contributed by atoms with E-state index in [1.54, 1.807) is 6.07 Å². The van der Waals surface area contributed by atoms with Crippen molar-refractivity contribution in [2.75, 3.05) is 5.32 Å². The van der Waals surface area contributed by atoms with Crippen LogP contribution in [0.4, 0.5) is 10.1 Å². The quantitative estimate of drug-likeness (QED) is 0.878. The average Bonchev–Trinajstić information content (AvgIpc) is 2.33. The van der Waals surface area contributed by atoms with Gasteiger partial charge in [-0.15, -0.1) is 0 Å². The third-order valence-electron chi connectivity index (χ3n) is 2.59. The summed E-state index contributed by atoms with van der Waals surface area (Å²) < 4.78 is 13.7. The molecule has 0 heterocycles. The lowest BCUT2D eigenvalue weighted by Crippen LogP contribution is -2.01. The Bertz CT molecular complexity index is 511. The molecule has 0 aliphatic rings. The van der Waals surface area contributed by atoms with Crippen LogP contribution >= 0.6 is 15.9 Å². The van der Waals surface area contributed by atoms with Gasteiger partial charge in [-0.3, -0.25) is 0 Å². The third-order valence-corrected chi connectivity index (χ3v) is 3.20. The predicted molar refractivity (Wildman–Crippen MR) is 72.6 cm³/mol. The molecule has 2 rings (SSSR count). The van der Waals surface area contributed by atoms with Crippen LogP contribution in [-0.2, 0) is 6.54 Å². The predicted octanol–water partition coefficient (Wildman–Crippen LogP) is 4.51. The molecule has 0 saturated heterocycles. The van der Waals surface area contributed by atoms with Crippen LogP contribution in [0.2, 0.25) is 0 Å². The van der Waals surface area contributed by atoms with Crippen molar-refractivity contribution < 1.29 is 4.39 Å². The summed E-state index contributed by atoms with van der Waals surface area (Å²) in [5, 5.41) is 3.30. The Balaban J connectivity index is 2.12. The van der Waals surface area contributed by atoms with Crippen LogP contribution in [0.1, 0.15) is 11.1 Å². The summed E-state index contributed by atoms with van der Waals surface area (Å²) >= 11 is 3.19. The number of anilines is 1. The van der Waals surface area contributed by atoms with Crippen LogP contribution in [0.25, 0.3) is 0 Å². The van der Waals surface area contributed by atoms with Gasteiger partial charge in [-0.05, 0) is 46.1 Å². The van der Waals surface area contributed by atoms with Gasteiger partial charge in [0.15, 0.2) is 0 Å². The lowest BCUT2D eigenvalue weighted by molar-refractivity contribution is 0.620. The summed E-state index contributed by atoms with van der Waals surface area (Å²) in [5.74, 6) is -0.229. The minimum atomic E-state index is -0.229. The van der Waals surface area contributed by atoms with Gasteiger partial charge >= 0.3 is 0 Å². The maximum absolute atomic E-state index is 13.2. The maximum atomic E-state index is 13.2. The van der Waals surface area contributed by atoms with E-state index >= 15 is 0 Å². The molecule has 3 heteroatoms. The first-order valence-corrected chi connectivity index (χ1v) is 6.19. The number of nitrogens with one attached hydrogen (secondary N) is 1. The fourth-order valence-electron chi connectivity index (χ4n) is 1.63. The zero-order valence-electron chi connectivity index (χ0n) is 9.50. The molecule has 0 atom stereocenters. The summed E-state index contributed by atoms with van der Waals surface area (Å²) in [6.07, 6.45) is 0. The minimum absolute atomic E-state index is 0.229. The monoisotopic (exact) mass is 293 g/mol. The topological polar surface area (TPSA) is 12.0 Å². The van der Waals surface area contributed by atoms with E-state index in [2.05, 4.69) is 33.4 Å². The Labute approximate surface area is 109 Å². The molecule has 0 radical (unpaired) electrons. The van der Waals surface area contributed by atoms with Gasteiger partial charge in [-0.1, -0.05) is 30.3 Å². The fourth-order valence-corrected chi connectivity index (χ4v) is 1.97. The minimum Gasteiger partial charge on any atom is -0.381 e. The molecule has 88 valence electrons. The van der Waals surface area contributed by atoms with Gasteiger partial charge in [-0.25, -0.2) is 4.39 Å². The molecule has 0 aromatic heterocycles. The fraction of sp³-hybridized carbons (Fsp3) is 0.143. The van der Waals surface area contributed by atoms with E-state index < -0.39 is 0 Å². The molecule has 0 fully saturated rings. The van der Waals surface area contributed by atoms with E-state index in [0.29, 0.717) is 4.47 Å². The van der Waals surface area contributed by atoms with Crippen molar-refractivity contribution >= 4 is 21.6 Å². The molecule has 2 aromatic carbocycles. The lowest BCUT2D eigenvalue weighted by atomic mass is 10.1. The number of rotatable bonds is 3. The molecule has 0 saturated carbocycles. The number of halogens is 2. The van der Waals surface area contributed by atoms with Crippen molar-refractivity contribution in [3.8, 4) is 0 Å². The Morgan fingerprint density at radius 1 is 1.18 bits per heavy atom. The SMILES string of the molecule is Cc1cc(F)c(Br)cc1NCc1ccccc1. The molecule has 1 nitrogen and oxygen atoms in total. The zero-order valence-corrected chi connectivity index (χ0v) is 11.1. The second-order valence-electron chi connectivity index (χ2n) is 3.92. The molecule has 0 amide bonds. The molecule has 17 heavy (non-hydrogen) atoms. The summed E-state index contributed by atoms with van der Waals surface area (Å²) in [6.45, 7) is 2.63. The Kier molecular flexibility index (Phi) is 3.79. The first kappa shape index (κ1) is 12.1. The second kappa shape index (κ2) is 5.32. The van der Waals surface area contributed by atoms with Crippen molar-refractivity contribution in [2.45, 2.75) is 13.5 Å². The van der Waals surface area contributed by atoms with Crippen LogP contribution in [0.15, 0.2) is 46.9 Å². The zero-order chi connectivity index (χ0) is 12.3. The van der Waals surface area contributed by atoms with E-state index in [0.717, 1.165) is 17.8 Å². The largest absolute Gasteiger partial charge is 0.381 e. The van der Waals surface area contributed by atoms with Crippen molar-refractivity contribution in [1.29, 1.82) is 0 Å². The van der Waals surface area contributed by atoms with E-state index in [1.165, 1.54) is 11.6 Å². The normalized spacial score (nSPS) is 10.3. The smallest absolute Gasteiger partial charge is 0.137 e. The number of hydrogen-bond acceptors (Lipinski definition) is 1. The summed E-state index contributed by atoms with van der Waals surface area (Å²) in [4.78, 5) is 0. The molecule has 0 unspecified atom stereocenters. The van der Waals surface area contributed by atoms with Gasteiger partial charge in [0.05, 0.1) is 4.47 Å². The molecule has 1 N–H and O–H groups in total. The summed E-state index contributed by atoms with van der Waals surface area (Å²) in [7, 11) is 0. The Hall–Kier alpha value is -1.35. The average molecular weight is 294 g/mol. The van der Waals surface area contributed by atoms with Gasteiger partial charge in [0, 0.05) is 12.2 Å². The van der Waals surface area contributed by atoms with Crippen molar-refractivity contribution in [3.05, 3.63) is 63.9 Å². The number of benzene rings is 2. The highest BCUT2D eigenvalue weighted by molar-refractivity contribution is 9.10. The van der Waals surface area contributed by atoms with E-state index in [4.69, 9.17) is 0 Å². The van der Waals surface area contributed by atoms with Crippen LogP contribution in [-0.4, -0.2) is 0 Å². The Morgan fingerprint density at radius 3 is 2.59 bits per heavy atom. The molecule has 2 aromatic rings. The van der Waals surface area contributed by atoms with Crippen molar-refractivity contribution in [2.24, 2.45) is 0 Å². The number of aryl methyl sites for hydroxylation is 1. The van der Waals surface area contributed by atoms with Gasteiger partial charge in [0.25, 0.3) is 0 Å². The van der Waals surface area contributed by atoms with Gasteiger partial charge in [0.1, 0.15) is 5.82 Å². The van der Waals surface area contributed by atoms with Gasteiger partial charge in [-0.2, -0.15) is 0 Å². The van der Waals surface area contributed by atoms with Crippen LogP contribution in [0, 0.1) is 12.7 Å². The highest BCUT2D eigenvalue weighted by Crippen LogP contribution is 2.24. The molecule has 0 aliphatic carbocycles.